The van der Waals surface area contributed by atoms with Crippen LogP contribution in [0.2, 0.25) is 0 Å². The first kappa shape index (κ1) is 16.7. The average Bonchev–Trinajstić information content (AvgIpc) is 2.89. The van der Waals surface area contributed by atoms with Crippen molar-refractivity contribution in [3.8, 4) is 0 Å². The van der Waals surface area contributed by atoms with E-state index in [0.29, 0.717) is 31.1 Å². The summed E-state index contributed by atoms with van der Waals surface area (Å²) in [6.45, 7) is 1.94. The van der Waals surface area contributed by atoms with Gasteiger partial charge in [-0.15, -0.1) is 11.3 Å². The van der Waals surface area contributed by atoms with Gasteiger partial charge in [0.1, 0.15) is 6.04 Å². The Kier molecular flexibility index (Phi) is 5.36. The fourth-order valence-electron chi connectivity index (χ4n) is 2.54. The lowest BCUT2D eigenvalue weighted by Crippen LogP contribution is -2.59. The summed E-state index contributed by atoms with van der Waals surface area (Å²) in [5.74, 6) is -0.0299. The van der Waals surface area contributed by atoms with E-state index in [-0.39, 0.29) is 11.8 Å². The van der Waals surface area contributed by atoms with Crippen LogP contribution in [0.3, 0.4) is 0 Å². The first-order chi connectivity index (χ1) is 10.4. The lowest BCUT2D eigenvalue weighted by Gasteiger charge is -2.40. The molecule has 1 aromatic rings. The molecule has 2 N–H and O–H groups in total. The number of hydrogen-bond donors (Lipinski definition) is 1. The summed E-state index contributed by atoms with van der Waals surface area (Å²) in [4.78, 5) is 34.3. The van der Waals surface area contributed by atoms with E-state index in [2.05, 4.69) is 9.88 Å². The molecular weight excluding hydrogens is 302 g/mol. The normalized spacial score (nSPS) is 19.2. The zero-order valence-electron chi connectivity index (χ0n) is 13.3. The molecule has 0 radical (unpaired) electrons. The number of hydrogen-bond acceptors (Lipinski definition) is 6. The summed E-state index contributed by atoms with van der Waals surface area (Å²) in [5, 5.41) is 2.39. The topological polar surface area (TPSA) is 82.8 Å². The Balaban J connectivity index is 2.00. The van der Waals surface area contributed by atoms with Gasteiger partial charge >= 0.3 is 0 Å². The summed E-state index contributed by atoms with van der Waals surface area (Å²) in [5.41, 5.74) is 6.43. The minimum Gasteiger partial charge on any atom is -0.375 e. The number of piperazine rings is 1. The second-order valence-electron chi connectivity index (χ2n) is 5.77. The third-order valence-electron chi connectivity index (χ3n) is 3.79. The highest BCUT2D eigenvalue weighted by atomic mass is 32.1. The van der Waals surface area contributed by atoms with Crippen LogP contribution in [0.25, 0.3) is 0 Å². The Bertz CT molecular complexity index is 545. The molecule has 1 aromatic heterocycles. The van der Waals surface area contributed by atoms with Crippen molar-refractivity contribution < 1.29 is 9.59 Å². The molecule has 2 rings (SSSR count). The number of thiazole rings is 1. The van der Waals surface area contributed by atoms with Crippen molar-refractivity contribution in [2.75, 3.05) is 46.5 Å². The maximum absolute atomic E-state index is 12.5. The number of carbonyl (C=O) groups excluding carboxylic acids is 2. The van der Waals surface area contributed by atoms with E-state index >= 15 is 0 Å². The molecule has 7 nitrogen and oxygen atoms in total. The predicted octanol–water partition coefficient (Wildman–Crippen LogP) is -0.111. The van der Waals surface area contributed by atoms with Crippen LogP contribution in [-0.4, -0.2) is 78.3 Å². The minimum absolute atomic E-state index is 0.000119. The second kappa shape index (κ2) is 7.06. The number of amides is 2. The molecule has 1 aliphatic heterocycles. The van der Waals surface area contributed by atoms with Gasteiger partial charge in [0.25, 0.3) is 0 Å². The quantitative estimate of drug-likeness (QED) is 0.835. The molecule has 22 heavy (non-hydrogen) atoms. The van der Waals surface area contributed by atoms with Crippen molar-refractivity contribution in [1.82, 2.24) is 19.7 Å². The highest BCUT2D eigenvalue weighted by molar-refractivity contribution is 7.13. The Morgan fingerprint density at radius 1 is 1.45 bits per heavy atom. The number of anilines is 1. The van der Waals surface area contributed by atoms with Crippen LogP contribution in [0.4, 0.5) is 5.13 Å². The van der Waals surface area contributed by atoms with Crippen molar-refractivity contribution in [2.24, 2.45) is 0 Å². The Morgan fingerprint density at radius 2 is 2.18 bits per heavy atom. The lowest BCUT2D eigenvalue weighted by atomic mass is 10.1. The largest absolute Gasteiger partial charge is 0.375 e. The maximum atomic E-state index is 12.5. The van der Waals surface area contributed by atoms with Gasteiger partial charge < -0.3 is 20.4 Å². The van der Waals surface area contributed by atoms with E-state index in [1.807, 2.05) is 12.4 Å². The molecule has 1 aliphatic rings. The molecule has 1 saturated heterocycles. The first-order valence-corrected chi connectivity index (χ1v) is 8.15. The van der Waals surface area contributed by atoms with Crippen LogP contribution in [0.5, 0.6) is 0 Å². The van der Waals surface area contributed by atoms with Crippen molar-refractivity contribution in [3.63, 3.8) is 0 Å². The highest BCUT2D eigenvalue weighted by Crippen LogP contribution is 2.16. The van der Waals surface area contributed by atoms with Gasteiger partial charge in [0.15, 0.2) is 5.13 Å². The molecule has 0 aliphatic carbocycles. The summed E-state index contributed by atoms with van der Waals surface area (Å²) in [7, 11) is 5.41. The number of nitrogens with two attached hydrogens (primary N) is 1. The Labute approximate surface area is 134 Å². The molecule has 1 unspecified atom stereocenters. The Morgan fingerprint density at radius 3 is 2.77 bits per heavy atom. The average molecular weight is 325 g/mol. The standard InChI is InChI=1S/C14H23N5O2S/c1-17(2)13(21)11-8-18(3)6-7-19(11)12(20)5-4-10-9-22-14(15)16-10/h9,11H,4-8H2,1-3H3,(H2,15,16). The number of nitrogens with zero attached hydrogens (tertiary/aromatic N) is 4. The van der Waals surface area contributed by atoms with Crippen LogP contribution in [0, 0.1) is 0 Å². The highest BCUT2D eigenvalue weighted by Gasteiger charge is 2.34. The number of rotatable bonds is 4. The van der Waals surface area contributed by atoms with Crippen LogP contribution in [0.15, 0.2) is 5.38 Å². The molecule has 0 spiro atoms. The van der Waals surface area contributed by atoms with Gasteiger partial charge in [-0.3, -0.25) is 9.59 Å². The molecule has 122 valence electrons. The van der Waals surface area contributed by atoms with Gasteiger partial charge in [-0.05, 0) is 13.5 Å². The SMILES string of the molecule is CN1CCN(C(=O)CCc2csc(N)n2)C(C(=O)N(C)C)C1. The minimum atomic E-state index is -0.401. The van der Waals surface area contributed by atoms with E-state index in [1.165, 1.54) is 11.3 Å². The van der Waals surface area contributed by atoms with Gasteiger partial charge in [-0.25, -0.2) is 4.98 Å². The van der Waals surface area contributed by atoms with E-state index in [9.17, 15) is 9.59 Å². The van der Waals surface area contributed by atoms with Gasteiger partial charge in [0.05, 0.1) is 5.69 Å². The van der Waals surface area contributed by atoms with E-state index < -0.39 is 6.04 Å². The number of carbonyl (C=O) groups is 2. The van der Waals surface area contributed by atoms with Crippen molar-refractivity contribution in [3.05, 3.63) is 11.1 Å². The smallest absolute Gasteiger partial charge is 0.246 e. The van der Waals surface area contributed by atoms with Crippen molar-refractivity contribution >= 4 is 28.3 Å². The summed E-state index contributed by atoms with van der Waals surface area (Å²) in [6.07, 6.45) is 0.909. The van der Waals surface area contributed by atoms with Crippen molar-refractivity contribution in [1.29, 1.82) is 0 Å². The molecule has 1 fully saturated rings. The third kappa shape index (κ3) is 3.95. The zero-order valence-corrected chi connectivity index (χ0v) is 14.1. The van der Waals surface area contributed by atoms with Gasteiger partial charge in [0, 0.05) is 45.5 Å². The molecule has 1 atom stereocenters. The Hall–Kier alpha value is -1.67. The monoisotopic (exact) mass is 325 g/mol. The van der Waals surface area contributed by atoms with Crippen molar-refractivity contribution in [2.45, 2.75) is 18.9 Å². The molecule has 0 bridgehead atoms. The number of likely N-dealkylation sites (N-methyl/N-ethyl adjacent to an activating group) is 2. The molecule has 2 heterocycles. The molecule has 8 heteroatoms. The first-order valence-electron chi connectivity index (χ1n) is 7.27. The molecule has 0 saturated carbocycles. The summed E-state index contributed by atoms with van der Waals surface area (Å²) in [6, 6.07) is -0.401. The summed E-state index contributed by atoms with van der Waals surface area (Å²) >= 11 is 1.38. The number of aromatic nitrogens is 1. The fourth-order valence-corrected chi connectivity index (χ4v) is 3.14. The van der Waals surface area contributed by atoms with Gasteiger partial charge in [-0.2, -0.15) is 0 Å². The predicted molar refractivity (Wildman–Crippen MR) is 86.5 cm³/mol. The van der Waals surface area contributed by atoms with Crippen LogP contribution in [0.1, 0.15) is 12.1 Å². The number of aryl methyl sites for hydroxylation is 1. The third-order valence-corrected chi connectivity index (χ3v) is 4.52. The van der Waals surface area contributed by atoms with Gasteiger partial charge in [0.2, 0.25) is 11.8 Å². The summed E-state index contributed by atoms with van der Waals surface area (Å²) < 4.78 is 0. The van der Waals surface area contributed by atoms with Gasteiger partial charge in [-0.1, -0.05) is 0 Å². The molecule has 2 amide bonds. The van der Waals surface area contributed by atoms with E-state index in [1.54, 1.807) is 23.9 Å². The zero-order chi connectivity index (χ0) is 16.3. The maximum Gasteiger partial charge on any atom is 0.246 e. The van der Waals surface area contributed by atoms with Crippen LogP contribution in [-0.2, 0) is 16.0 Å². The molecule has 0 aromatic carbocycles. The number of nitrogen functional groups attached to an aromatic ring is 1. The molecular formula is C14H23N5O2S. The van der Waals surface area contributed by atoms with Crippen LogP contribution < -0.4 is 5.73 Å². The van der Waals surface area contributed by atoms with E-state index in [4.69, 9.17) is 5.73 Å². The van der Waals surface area contributed by atoms with Crippen LogP contribution >= 0.6 is 11.3 Å². The second-order valence-corrected chi connectivity index (χ2v) is 6.66. The fraction of sp³-hybridized carbons (Fsp3) is 0.643. The van der Waals surface area contributed by atoms with E-state index in [0.717, 1.165) is 12.2 Å². The lowest BCUT2D eigenvalue weighted by molar-refractivity contribution is -0.147.